The lowest BCUT2D eigenvalue weighted by molar-refractivity contribution is 0.315. The molecule has 3 atom stereocenters. The SMILES string of the molecule is CC(C)[C@H]1CN(c2cc(N3CCCCC3)ccn2)[C@@H]2CCCN(c3cccc(F)c3)[C@H]12. The zero-order valence-electron chi connectivity index (χ0n) is 18.9. The molecule has 0 N–H and O–H groups in total. The summed E-state index contributed by atoms with van der Waals surface area (Å²) in [7, 11) is 0. The summed E-state index contributed by atoms with van der Waals surface area (Å²) in [5.41, 5.74) is 2.34. The van der Waals surface area contributed by atoms with E-state index in [4.69, 9.17) is 4.98 Å². The van der Waals surface area contributed by atoms with Crippen molar-refractivity contribution in [3.05, 3.63) is 48.4 Å². The Morgan fingerprint density at radius 2 is 1.77 bits per heavy atom. The number of anilines is 3. The Balaban J connectivity index is 1.46. The van der Waals surface area contributed by atoms with Gasteiger partial charge >= 0.3 is 0 Å². The molecule has 31 heavy (non-hydrogen) atoms. The Labute approximate surface area is 186 Å². The minimum absolute atomic E-state index is 0.147. The first-order chi connectivity index (χ1) is 15.1. The van der Waals surface area contributed by atoms with Crippen LogP contribution in [-0.4, -0.2) is 43.2 Å². The van der Waals surface area contributed by atoms with Gasteiger partial charge in [-0.3, -0.25) is 0 Å². The lowest BCUT2D eigenvalue weighted by Gasteiger charge is -2.44. The predicted octanol–water partition coefficient (Wildman–Crippen LogP) is 5.34. The molecule has 166 valence electrons. The number of hydrogen-bond acceptors (Lipinski definition) is 4. The quantitative estimate of drug-likeness (QED) is 0.663. The van der Waals surface area contributed by atoms with E-state index in [-0.39, 0.29) is 5.82 Å². The second kappa shape index (κ2) is 8.68. The van der Waals surface area contributed by atoms with Gasteiger partial charge in [-0.2, -0.15) is 0 Å². The minimum Gasteiger partial charge on any atom is -0.371 e. The highest BCUT2D eigenvalue weighted by molar-refractivity contribution is 5.58. The molecule has 5 rings (SSSR count). The molecule has 0 unspecified atom stereocenters. The van der Waals surface area contributed by atoms with E-state index >= 15 is 0 Å². The lowest BCUT2D eigenvalue weighted by atomic mass is 9.83. The normalized spacial score (nSPS) is 26.5. The molecule has 2 aromatic rings. The van der Waals surface area contributed by atoms with Crippen molar-refractivity contribution in [2.75, 3.05) is 40.9 Å². The molecule has 4 nitrogen and oxygen atoms in total. The molecule has 3 aliphatic rings. The van der Waals surface area contributed by atoms with E-state index in [1.54, 1.807) is 12.1 Å². The van der Waals surface area contributed by atoms with Crippen molar-refractivity contribution in [2.45, 2.75) is 58.0 Å². The van der Waals surface area contributed by atoms with Gasteiger partial charge in [0.2, 0.25) is 0 Å². The first-order valence-corrected chi connectivity index (χ1v) is 12.1. The van der Waals surface area contributed by atoms with Crippen molar-refractivity contribution >= 4 is 17.2 Å². The summed E-state index contributed by atoms with van der Waals surface area (Å²) in [6.07, 6.45) is 8.20. The summed E-state index contributed by atoms with van der Waals surface area (Å²) >= 11 is 0. The van der Waals surface area contributed by atoms with Crippen LogP contribution in [0.3, 0.4) is 0 Å². The van der Waals surface area contributed by atoms with Gasteiger partial charge < -0.3 is 14.7 Å². The van der Waals surface area contributed by atoms with Crippen molar-refractivity contribution in [3.8, 4) is 0 Å². The number of fused-ring (bicyclic) bond motifs is 1. The average Bonchev–Trinajstić information content (AvgIpc) is 3.20. The van der Waals surface area contributed by atoms with Gasteiger partial charge in [-0.15, -0.1) is 0 Å². The molecular weight excluding hydrogens is 387 g/mol. The van der Waals surface area contributed by atoms with E-state index < -0.39 is 0 Å². The first kappa shape index (κ1) is 20.6. The van der Waals surface area contributed by atoms with Gasteiger partial charge in [0, 0.05) is 55.7 Å². The fourth-order valence-corrected chi connectivity index (χ4v) is 6.06. The van der Waals surface area contributed by atoms with Crippen LogP contribution in [0.15, 0.2) is 42.6 Å². The number of benzene rings is 1. The summed E-state index contributed by atoms with van der Waals surface area (Å²) in [5, 5.41) is 0. The summed E-state index contributed by atoms with van der Waals surface area (Å²) in [4.78, 5) is 12.4. The van der Waals surface area contributed by atoms with E-state index in [2.05, 4.69) is 46.7 Å². The lowest BCUT2D eigenvalue weighted by Crippen LogP contribution is -2.52. The van der Waals surface area contributed by atoms with Crippen molar-refractivity contribution < 1.29 is 4.39 Å². The molecule has 0 bridgehead atoms. The van der Waals surface area contributed by atoms with Gasteiger partial charge in [0.15, 0.2) is 0 Å². The van der Waals surface area contributed by atoms with Gasteiger partial charge in [-0.05, 0) is 62.3 Å². The molecule has 0 spiro atoms. The van der Waals surface area contributed by atoms with Crippen molar-refractivity contribution in [3.63, 3.8) is 0 Å². The second-order valence-corrected chi connectivity index (χ2v) is 9.85. The minimum atomic E-state index is -0.147. The maximum absolute atomic E-state index is 14.0. The molecule has 3 saturated heterocycles. The van der Waals surface area contributed by atoms with Crippen LogP contribution in [0, 0.1) is 17.7 Å². The topological polar surface area (TPSA) is 22.6 Å². The number of rotatable bonds is 4. The third-order valence-corrected chi connectivity index (χ3v) is 7.64. The van der Waals surface area contributed by atoms with Gasteiger partial charge in [0.25, 0.3) is 0 Å². The fraction of sp³-hybridized carbons (Fsp3) is 0.577. The molecule has 1 aromatic carbocycles. The smallest absolute Gasteiger partial charge is 0.130 e. The van der Waals surface area contributed by atoms with E-state index in [1.165, 1.54) is 31.4 Å². The monoisotopic (exact) mass is 422 g/mol. The number of piperidine rings is 2. The Bertz CT molecular complexity index is 894. The number of nitrogens with zero attached hydrogens (tertiary/aromatic N) is 4. The van der Waals surface area contributed by atoms with Gasteiger partial charge in [-0.1, -0.05) is 19.9 Å². The molecule has 0 amide bonds. The standard InChI is InChI=1S/C26H35FN4/c1-19(2)23-18-31(25-17-21(11-12-28-25)29-13-4-3-5-14-29)24-10-7-15-30(26(23)24)22-9-6-8-20(27)16-22/h6,8-9,11-12,16-17,19,23-24,26H,3-5,7,10,13-15,18H2,1-2H3/t23-,24-,26-/m1/s1. The van der Waals surface area contributed by atoms with Gasteiger partial charge in [0.05, 0.1) is 12.1 Å². The number of halogens is 1. The zero-order chi connectivity index (χ0) is 21.4. The fourth-order valence-electron chi connectivity index (χ4n) is 6.06. The van der Waals surface area contributed by atoms with Crippen molar-refractivity contribution in [1.29, 1.82) is 0 Å². The Morgan fingerprint density at radius 3 is 2.55 bits per heavy atom. The number of pyridine rings is 1. The van der Waals surface area contributed by atoms with Crippen LogP contribution in [0.1, 0.15) is 46.0 Å². The van der Waals surface area contributed by atoms with E-state index in [9.17, 15) is 4.39 Å². The molecule has 1 aromatic heterocycles. The summed E-state index contributed by atoms with van der Waals surface area (Å²) in [6.45, 7) is 9.00. The van der Waals surface area contributed by atoms with E-state index in [1.807, 2.05) is 12.3 Å². The van der Waals surface area contributed by atoms with Crippen LogP contribution >= 0.6 is 0 Å². The number of hydrogen-bond donors (Lipinski definition) is 0. The zero-order valence-corrected chi connectivity index (χ0v) is 18.9. The van der Waals surface area contributed by atoms with Gasteiger partial charge in [0.1, 0.15) is 11.6 Å². The maximum Gasteiger partial charge on any atom is 0.130 e. The van der Waals surface area contributed by atoms with E-state index in [0.717, 1.165) is 44.1 Å². The maximum atomic E-state index is 14.0. The van der Waals surface area contributed by atoms with Crippen LogP contribution in [0.5, 0.6) is 0 Å². The number of aromatic nitrogens is 1. The second-order valence-electron chi connectivity index (χ2n) is 9.85. The van der Waals surface area contributed by atoms with Crippen LogP contribution in [0.25, 0.3) is 0 Å². The molecule has 3 aliphatic heterocycles. The molecular formula is C26H35FN4. The van der Waals surface area contributed by atoms with Crippen LogP contribution in [-0.2, 0) is 0 Å². The Hall–Kier alpha value is -2.30. The van der Waals surface area contributed by atoms with Crippen LogP contribution in [0.4, 0.5) is 21.6 Å². The largest absolute Gasteiger partial charge is 0.371 e. The Morgan fingerprint density at radius 1 is 0.935 bits per heavy atom. The third kappa shape index (κ3) is 3.99. The van der Waals surface area contributed by atoms with Crippen molar-refractivity contribution in [1.82, 2.24) is 4.98 Å². The summed E-state index contributed by atoms with van der Waals surface area (Å²) in [5.74, 6) is 2.07. The van der Waals surface area contributed by atoms with Crippen molar-refractivity contribution in [2.24, 2.45) is 11.8 Å². The van der Waals surface area contributed by atoms with Crippen LogP contribution < -0.4 is 14.7 Å². The van der Waals surface area contributed by atoms with Crippen LogP contribution in [0.2, 0.25) is 0 Å². The average molecular weight is 423 g/mol. The molecule has 5 heteroatoms. The first-order valence-electron chi connectivity index (χ1n) is 12.1. The Kier molecular flexibility index (Phi) is 5.77. The highest BCUT2D eigenvalue weighted by Crippen LogP contribution is 2.42. The third-order valence-electron chi connectivity index (χ3n) is 7.64. The molecule has 4 heterocycles. The highest BCUT2D eigenvalue weighted by Gasteiger charge is 2.48. The predicted molar refractivity (Wildman–Crippen MR) is 127 cm³/mol. The molecule has 0 aliphatic carbocycles. The molecule has 0 saturated carbocycles. The summed E-state index contributed by atoms with van der Waals surface area (Å²) in [6, 6.07) is 12.5. The van der Waals surface area contributed by atoms with E-state index in [0.29, 0.717) is 23.9 Å². The molecule has 0 radical (unpaired) electrons. The molecule has 3 fully saturated rings. The summed E-state index contributed by atoms with van der Waals surface area (Å²) < 4.78 is 14.0. The van der Waals surface area contributed by atoms with Gasteiger partial charge in [-0.25, -0.2) is 9.37 Å². The highest BCUT2D eigenvalue weighted by atomic mass is 19.1.